The topological polar surface area (TPSA) is 333 Å². The fourth-order valence-electron chi connectivity index (χ4n) is 13.1. The van der Waals surface area contributed by atoms with Crippen molar-refractivity contribution in [3.05, 3.63) is 48.6 Å². The van der Waals surface area contributed by atoms with Crippen LogP contribution in [0.1, 0.15) is 246 Å². The average Bonchev–Trinajstić information content (AvgIpc) is 1.38. The number of rotatable bonds is 68. The van der Waals surface area contributed by atoms with Gasteiger partial charge >= 0.3 is 0 Å². The molecule has 3 rings (SSSR count). The minimum Gasteiger partial charge on any atom is -0.394 e. The molecule has 3 fully saturated rings. The first-order valence-electron chi connectivity index (χ1n) is 40.7. The van der Waals surface area contributed by atoms with Crippen LogP contribution in [0.5, 0.6) is 0 Å². The van der Waals surface area contributed by atoms with Crippen molar-refractivity contribution >= 4 is 23.6 Å². The van der Waals surface area contributed by atoms with Gasteiger partial charge in [0.1, 0.15) is 48.7 Å². The van der Waals surface area contributed by atoms with Crippen LogP contribution in [-0.2, 0) is 66.5 Å². The van der Waals surface area contributed by atoms with E-state index in [4.69, 9.17) is 47.4 Å². The summed E-state index contributed by atoms with van der Waals surface area (Å²) in [5, 5.41) is 71.5. The molecule has 3 heterocycles. The minimum atomic E-state index is -1.40. The first-order chi connectivity index (χ1) is 51.2. The van der Waals surface area contributed by atoms with Gasteiger partial charge in [-0.1, -0.05) is 152 Å². The smallest absolute Gasteiger partial charge is 0.220 e. The molecule has 11 atom stereocenters. The number of hydrogen-bond acceptors (Lipinski definition) is 21. The van der Waals surface area contributed by atoms with E-state index < -0.39 is 92.1 Å². The predicted octanol–water partition coefficient (Wildman–Crippen LogP) is 9.15. The molecule has 0 aromatic rings. The van der Waals surface area contributed by atoms with Crippen molar-refractivity contribution < 1.29 is 97.2 Å². The highest BCUT2D eigenvalue weighted by Gasteiger charge is 2.47. The molecule has 0 aliphatic carbocycles. The Morgan fingerprint density at radius 1 is 0.448 bits per heavy atom. The van der Waals surface area contributed by atoms with E-state index in [0.717, 1.165) is 110 Å². The van der Waals surface area contributed by atoms with Gasteiger partial charge in [0.15, 0.2) is 18.4 Å². The summed E-state index contributed by atoms with van der Waals surface area (Å²) in [5.74, 6) is -1.51. The number of carbonyl (C=O) groups is 4. The maximum absolute atomic E-state index is 12.9. The highest BCUT2D eigenvalue weighted by molar-refractivity contribution is 5.76. The van der Waals surface area contributed by atoms with Gasteiger partial charge in [-0.3, -0.25) is 19.2 Å². The van der Waals surface area contributed by atoms with Gasteiger partial charge in [-0.05, 0) is 116 Å². The number of unbranched alkanes of at least 4 members (excludes halogenated alkanes) is 22. The molecule has 0 saturated carbocycles. The van der Waals surface area contributed by atoms with E-state index in [1.165, 1.54) is 129 Å². The van der Waals surface area contributed by atoms with Crippen molar-refractivity contribution in [1.29, 1.82) is 0 Å². The molecule has 0 spiro atoms. The zero-order valence-electron chi connectivity index (χ0n) is 65.1. The van der Waals surface area contributed by atoms with Gasteiger partial charge < -0.3 is 104 Å². The van der Waals surface area contributed by atoms with Crippen LogP contribution in [0.2, 0.25) is 0 Å². The van der Waals surface area contributed by atoms with Gasteiger partial charge in [-0.25, -0.2) is 0 Å². The zero-order valence-corrected chi connectivity index (χ0v) is 65.1. The molecule has 105 heavy (non-hydrogen) atoms. The quantitative estimate of drug-likeness (QED) is 0.0200. The molecule has 3 saturated heterocycles. The normalized spacial score (nSPS) is 22.7. The van der Waals surface area contributed by atoms with Crippen molar-refractivity contribution in [1.82, 2.24) is 26.2 Å². The van der Waals surface area contributed by atoms with Crippen LogP contribution in [-0.4, -0.2) is 251 Å². The molecule has 3 aliphatic heterocycles. The molecule has 0 radical (unpaired) electrons. The number of hydrogen-bond donors (Lipinski definition) is 10. The van der Waals surface area contributed by atoms with Crippen LogP contribution >= 0.6 is 0 Å². The number of carbonyl (C=O) groups excluding carboxylic acids is 4. The molecule has 0 aromatic carbocycles. The number of nitrogens with one attached hydrogen (secondary N) is 4. The van der Waals surface area contributed by atoms with E-state index in [9.17, 15) is 49.8 Å². The van der Waals surface area contributed by atoms with Crippen molar-refractivity contribution in [2.24, 2.45) is 0 Å². The van der Waals surface area contributed by atoms with Gasteiger partial charge in [0.05, 0.1) is 92.0 Å². The first kappa shape index (κ1) is 95.4. The number of nitrogens with zero attached hydrogens (tertiary/aromatic N) is 1. The third-order valence-electron chi connectivity index (χ3n) is 19.1. The highest BCUT2D eigenvalue weighted by Crippen LogP contribution is 2.36. The Kier molecular flexibility index (Phi) is 58.0. The Morgan fingerprint density at radius 2 is 0.810 bits per heavy atom. The molecular formula is C80H145N5O20. The molecular weight excluding hydrogens is 1350 g/mol. The van der Waals surface area contributed by atoms with Gasteiger partial charge in [-0.2, -0.15) is 0 Å². The molecule has 25 heteroatoms. The molecule has 0 aromatic heterocycles. The lowest BCUT2D eigenvalue weighted by Gasteiger charge is -2.42. The molecule has 0 bridgehead atoms. The lowest BCUT2D eigenvalue weighted by Crippen LogP contribution is -2.64. The Labute approximate surface area is 630 Å². The summed E-state index contributed by atoms with van der Waals surface area (Å²) >= 11 is 0. The minimum absolute atomic E-state index is 0.0299. The van der Waals surface area contributed by atoms with Crippen molar-refractivity contribution in [2.75, 3.05) is 119 Å². The fraction of sp³-hybridized carbons (Fsp3) is 0.850. The van der Waals surface area contributed by atoms with Gasteiger partial charge in [-0.15, -0.1) is 0 Å². The van der Waals surface area contributed by atoms with Crippen molar-refractivity contribution in [2.45, 2.75) is 319 Å². The van der Waals surface area contributed by atoms with E-state index in [-0.39, 0.29) is 70.8 Å². The van der Waals surface area contributed by atoms with Gasteiger partial charge in [0, 0.05) is 59.2 Å². The molecule has 4 unspecified atom stereocenters. The van der Waals surface area contributed by atoms with Crippen LogP contribution < -0.4 is 21.3 Å². The van der Waals surface area contributed by atoms with Gasteiger partial charge in [0.2, 0.25) is 23.6 Å². The first-order valence-corrected chi connectivity index (χ1v) is 40.7. The maximum Gasteiger partial charge on any atom is 0.220 e. The number of aliphatic hydroxyl groups is 6. The van der Waals surface area contributed by atoms with Crippen LogP contribution in [0.4, 0.5) is 0 Å². The second kappa shape index (κ2) is 63.9. The summed E-state index contributed by atoms with van der Waals surface area (Å²) in [6, 6.07) is -2.06. The second-order valence-electron chi connectivity index (χ2n) is 28.3. The second-order valence-corrected chi connectivity index (χ2v) is 28.3. The third-order valence-corrected chi connectivity index (χ3v) is 19.1. The fourth-order valence-corrected chi connectivity index (χ4v) is 13.1. The number of allylic oxidation sites excluding steroid dienone is 8. The zero-order chi connectivity index (χ0) is 76.1. The summed E-state index contributed by atoms with van der Waals surface area (Å²) in [6.07, 6.45) is 45.2. The Balaban J connectivity index is 1.46. The van der Waals surface area contributed by atoms with Crippen LogP contribution in [0.15, 0.2) is 48.6 Å². The van der Waals surface area contributed by atoms with Crippen molar-refractivity contribution in [3.8, 4) is 0 Å². The summed E-state index contributed by atoms with van der Waals surface area (Å²) in [7, 11) is 0. The Hall–Kier alpha value is -3.84. The Bertz CT molecular complexity index is 2130. The monoisotopic (exact) mass is 1500 g/mol. The molecule has 4 amide bonds. The maximum atomic E-state index is 12.9. The standard InChI is InChI=1S/C80H145N5O20/c1-5-7-9-11-13-15-17-19-21-23-25-27-29-31-33-39-45-80(46-40-34-32-30-28-26-24-22-20-18-16-14-12-10-8-6-2)102-64-67(105-80)61-85(49-41-35-37-43-70(90)81-47-51-96-53-55-98-57-59-100-78-72(83-65(3)88)76(94)74(92)68(62-86)103-78)50-42-36-38-44-71(91)82-48-52-97-54-56-99-58-60-101-79-73(84-66(4)89)77(95)75(93)69(63-87)104-79/h13-16,19-22,67-69,72-79,86-87,92-95H,5-12,17-18,23-64H2,1-4H3,(H,81,90)(H,82,91)(H,83,88)(H,84,89)/b15-13-,16-14-,21-19-,22-20-/t67-,68?,69?,72?,73?,74-,75-,76+,77+,78+,79+/m0/s1. The summed E-state index contributed by atoms with van der Waals surface area (Å²) in [4.78, 5) is 51.6. The molecule has 10 N–H and O–H groups in total. The largest absolute Gasteiger partial charge is 0.394 e. The van der Waals surface area contributed by atoms with Crippen molar-refractivity contribution in [3.63, 3.8) is 0 Å². The van der Waals surface area contributed by atoms with E-state index in [2.05, 4.69) is 88.6 Å². The van der Waals surface area contributed by atoms with E-state index in [1.807, 2.05) is 0 Å². The van der Waals surface area contributed by atoms with E-state index in [1.54, 1.807) is 0 Å². The summed E-state index contributed by atoms with van der Waals surface area (Å²) in [6.45, 7) is 11.9. The van der Waals surface area contributed by atoms with E-state index >= 15 is 0 Å². The summed E-state index contributed by atoms with van der Waals surface area (Å²) in [5.41, 5.74) is 0. The lowest BCUT2D eigenvalue weighted by molar-refractivity contribution is -0.272. The lowest BCUT2D eigenvalue weighted by atomic mass is 9.97. The number of amides is 4. The van der Waals surface area contributed by atoms with Gasteiger partial charge in [0.25, 0.3) is 0 Å². The predicted molar refractivity (Wildman–Crippen MR) is 407 cm³/mol. The van der Waals surface area contributed by atoms with E-state index in [0.29, 0.717) is 45.8 Å². The third kappa shape index (κ3) is 47.1. The average molecular weight is 1500 g/mol. The molecule has 610 valence electrons. The van der Waals surface area contributed by atoms with Crippen LogP contribution in [0, 0.1) is 0 Å². The highest BCUT2D eigenvalue weighted by atomic mass is 16.7. The van der Waals surface area contributed by atoms with Crippen LogP contribution in [0.3, 0.4) is 0 Å². The summed E-state index contributed by atoms with van der Waals surface area (Å²) < 4.78 is 58.9. The number of aliphatic hydroxyl groups excluding tert-OH is 6. The number of ether oxygens (including phenoxy) is 10. The SMILES string of the molecule is CCCCC/C=C\C/C=C\CCCCCCCCC1(CCCCCCCC/C=C\C/C=C\CCCCC)OC[C@H](CN(CCCCCC(=O)NCCOCCOCCO[C@@H]2OC(CO)[C@H](O)[C@H](O)C2NC(C)=O)CCCCCC(=O)NCCOCCOCCO[C@@H]2OC(CO)[C@H](O)[C@H](O)C2NC(C)=O)O1. The molecule has 3 aliphatic rings. The Morgan fingerprint density at radius 3 is 1.20 bits per heavy atom. The van der Waals surface area contributed by atoms with Crippen LogP contribution in [0.25, 0.3) is 0 Å². The molecule has 25 nitrogen and oxygen atoms in total.